The molecule has 2 aromatic rings. The molecule has 0 atom stereocenters. The van der Waals surface area contributed by atoms with E-state index in [1.165, 1.54) is 21.4 Å². The first kappa shape index (κ1) is 19.4. The maximum atomic E-state index is 14.0. The molecule has 5 nitrogen and oxygen atoms in total. The standard InChI is InChI=1S/C23H26FN3O2/c24-20-8-4-5-9-21(20)27-15-14-26(23(27)29)17-22(28)25-12-10-19(11-13-25)16-18-6-2-1-3-7-18/h1-9,19H,10-17H2. The third-order valence-corrected chi connectivity index (χ3v) is 5.90. The summed E-state index contributed by atoms with van der Waals surface area (Å²) >= 11 is 0. The van der Waals surface area contributed by atoms with Crippen molar-refractivity contribution in [3.8, 4) is 0 Å². The van der Waals surface area contributed by atoms with Crippen LogP contribution < -0.4 is 4.90 Å². The smallest absolute Gasteiger partial charge is 0.325 e. The lowest BCUT2D eigenvalue weighted by Crippen LogP contribution is -2.45. The topological polar surface area (TPSA) is 43.9 Å². The summed E-state index contributed by atoms with van der Waals surface area (Å²) in [5, 5.41) is 0. The van der Waals surface area contributed by atoms with Gasteiger partial charge >= 0.3 is 6.03 Å². The number of nitrogens with zero attached hydrogens (tertiary/aromatic N) is 3. The van der Waals surface area contributed by atoms with Crippen molar-refractivity contribution in [1.82, 2.24) is 9.80 Å². The minimum atomic E-state index is -0.422. The van der Waals surface area contributed by atoms with Gasteiger partial charge in [-0.2, -0.15) is 0 Å². The molecule has 2 saturated heterocycles. The molecule has 3 amide bonds. The van der Waals surface area contributed by atoms with Crippen LogP contribution in [-0.4, -0.2) is 54.5 Å². The summed E-state index contributed by atoms with van der Waals surface area (Å²) in [5.74, 6) is 0.146. The zero-order valence-corrected chi connectivity index (χ0v) is 16.5. The Balaban J connectivity index is 1.28. The number of rotatable bonds is 5. The molecule has 0 spiro atoms. The van der Waals surface area contributed by atoms with Gasteiger partial charge in [-0.25, -0.2) is 9.18 Å². The van der Waals surface area contributed by atoms with Gasteiger partial charge in [0.1, 0.15) is 12.4 Å². The van der Waals surface area contributed by atoms with E-state index in [1.807, 2.05) is 11.0 Å². The zero-order valence-electron chi connectivity index (χ0n) is 16.5. The Bertz CT molecular complexity index is 865. The van der Waals surface area contributed by atoms with Gasteiger partial charge in [-0.05, 0) is 42.9 Å². The van der Waals surface area contributed by atoms with E-state index in [9.17, 15) is 14.0 Å². The minimum absolute atomic E-state index is 0.0214. The fourth-order valence-corrected chi connectivity index (χ4v) is 4.22. The van der Waals surface area contributed by atoms with Gasteiger partial charge in [0.2, 0.25) is 5.91 Å². The summed E-state index contributed by atoms with van der Waals surface area (Å²) in [4.78, 5) is 30.2. The van der Waals surface area contributed by atoms with Crippen LogP contribution in [0.1, 0.15) is 18.4 Å². The molecule has 2 fully saturated rings. The highest BCUT2D eigenvalue weighted by Gasteiger charge is 2.33. The zero-order chi connectivity index (χ0) is 20.2. The number of hydrogen-bond acceptors (Lipinski definition) is 2. The number of anilines is 1. The maximum Gasteiger partial charge on any atom is 0.325 e. The van der Waals surface area contributed by atoms with Crippen LogP contribution in [0.4, 0.5) is 14.9 Å². The number of carbonyl (C=O) groups is 2. The summed E-state index contributed by atoms with van der Waals surface area (Å²) in [7, 11) is 0. The van der Waals surface area contributed by atoms with Crippen LogP contribution >= 0.6 is 0 Å². The lowest BCUT2D eigenvalue weighted by Gasteiger charge is -2.33. The highest BCUT2D eigenvalue weighted by Crippen LogP contribution is 2.24. The highest BCUT2D eigenvalue weighted by atomic mass is 19.1. The van der Waals surface area contributed by atoms with Gasteiger partial charge in [-0.1, -0.05) is 42.5 Å². The average molecular weight is 395 g/mol. The number of carbonyl (C=O) groups excluding carboxylic acids is 2. The first-order chi connectivity index (χ1) is 14.1. The molecule has 0 saturated carbocycles. The van der Waals surface area contributed by atoms with Crippen LogP contribution in [0.15, 0.2) is 54.6 Å². The molecule has 2 aliphatic rings. The Morgan fingerprint density at radius 2 is 1.62 bits per heavy atom. The van der Waals surface area contributed by atoms with Crippen LogP contribution in [0, 0.1) is 11.7 Å². The van der Waals surface area contributed by atoms with Gasteiger partial charge in [0.25, 0.3) is 0 Å². The fraction of sp³-hybridized carbons (Fsp3) is 0.391. The Morgan fingerprint density at radius 3 is 2.34 bits per heavy atom. The minimum Gasteiger partial charge on any atom is -0.341 e. The number of urea groups is 1. The Morgan fingerprint density at radius 1 is 0.931 bits per heavy atom. The maximum absolute atomic E-state index is 14.0. The van der Waals surface area contributed by atoms with Crippen molar-refractivity contribution in [2.24, 2.45) is 5.92 Å². The average Bonchev–Trinajstić information content (AvgIpc) is 3.10. The van der Waals surface area contributed by atoms with Gasteiger partial charge in [-0.3, -0.25) is 9.69 Å². The third kappa shape index (κ3) is 4.42. The first-order valence-corrected chi connectivity index (χ1v) is 10.2. The second kappa shape index (κ2) is 8.64. The number of para-hydroxylation sites is 1. The molecule has 6 heteroatoms. The Labute approximate surface area is 170 Å². The first-order valence-electron chi connectivity index (χ1n) is 10.2. The number of piperidine rings is 1. The second-order valence-corrected chi connectivity index (χ2v) is 7.82. The van der Waals surface area contributed by atoms with E-state index in [0.717, 1.165) is 32.4 Å². The molecule has 2 heterocycles. The molecule has 0 N–H and O–H groups in total. The third-order valence-electron chi connectivity index (χ3n) is 5.90. The lowest BCUT2D eigenvalue weighted by molar-refractivity contribution is -0.133. The van der Waals surface area contributed by atoms with Crippen LogP contribution in [0.5, 0.6) is 0 Å². The van der Waals surface area contributed by atoms with Crippen molar-refractivity contribution in [3.63, 3.8) is 0 Å². The van der Waals surface area contributed by atoms with Crippen molar-refractivity contribution >= 4 is 17.6 Å². The molecule has 152 valence electrons. The molecule has 0 aromatic heterocycles. The molecular formula is C23H26FN3O2. The van der Waals surface area contributed by atoms with Gasteiger partial charge in [0.15, 0.2) is 0 Å². The van der Waals surface area contributed by atoms with Gasteiger partial charge < -0.3 is 9.80 Å². The van der Waals surface area contributed by atoms with E-state index < -0.39 is 5.82 Å². The van der Waals surface area contributed by atoms with Crippen molar-refractivity contribution in [3.05, 3.63) is 66.0 Å². The quantitative estimate of drug-likeness (QED) is 0.777. The number of hydrogen-bond donors (Lipinski definition) is 0. The predicted octanol–water partition coefficient (Wildman–Crippen LogP) is 3.55. The Kier molecular flexibility index (Phi) is 5.79. The van der Waals surface area contributed by atoms with E-state index in [-0.39, 0.29) is 24.2 Å². The number of amides is 3. The number of benzene rings is 2. The van der Waals surface area contributed by atoms with E-state index in [2.05, 4.69) is 24.3 Å². The van der Waals surface area contributed by atoms with Crippen molar-refractivity contribution in [2.75, 3.05) is 37.6 Å². The number of likely N-dealkylation sites (tertiary alicyclic amines) is 1. The largest absolute Gasteiger partial charge is 0.341 e. The summed E-state index contributed by atoms with van der Waals surface area (Å²) < 4.78 is 14.0. The second-order valence-electron chi connectivity index (χ2n) is 7.82. The highest BCUT2D eigenvalue weighted by molar-refractivity contribution is 5.96. The van der Waals surface area contributed by atoms with Gasteiger partial charge in [0.05, 0.1) is 5.69 Å². The SMILES string of the molecule is O=C(CN1CCN(c2ccccc2F)C1=O)N1CCC(Cc2ccccc2)CC1. The molecule has 4 rings (SSSR count). The summed E-state index contributed by atoms with van der Waals surface area (Å²) in [6, 6.07) is 16.4. The van der Waals surface area contributed by atoms with Crippen molar-refractivity contribution in [2.45, 2.75) is 19.3 Å². The monoisotopic (exact) mass is 395 g/mol. The van der Waals surface area contributed by atoms with Crippen molar-refractivity contribution < 1.29 is 14.0 Å². The summed E-state index contributed by atoms with van der Waals surface area (Å²) in [6.45, 7) is 2.35. The Hall–Kier alpha value is -2.89. The normalized spacial score (nSPS) is 17.8. The molecule has 0 radical (unpaired) electrons. The molecule has 2 aromatic carbocycles. The van der Waals surface area contributed by atoms with E-state index >= 15 is 0 Å². The van der Waals surface area contributed by atoms with Crippen LogP contribution in [0.3, 0.4) is 0 Å². The van der Waals surface area contributed by atoms with Crippen LogP contribution in [-0.2, 0) is 11.2 Å². The fourth-order valence-electron chi connectivity index (χ4n) is 4.22. The van der Waals surface area contributed by atoms with Crippen LogP contribution in [0.25, 0.3) is 0 Å². The predicted molar refractivity (Wildman–Crippen MR) is 110 cm³/mol. The molecule has 2 aliphatic heterocycles. The molecular weight excluding hydrogens is 369 g/mol. The van der Waals surface area contributed by atoms with E-state index in [4.69, 9.17) is 0 Å². The van der Waals surface area contributed by atoms with Gasteiger partial charge in [-0.15, -0.1) is 0 Å². The summed E-state index contributed by atoms with van der Waals surface area (Å²) in [5.41, 5.74) is 1.61. The van der Waals surface area contributed by atoms with E-state index in [1.54, 1.807) is 18.2 Å². The summed E-state index contributed by atoms with van der Waals surface area (Å²) in [6.07, 6.45) is 3.01. The lowest BCUT2D eigenvalue weighted by atomic mass is 9.90. The molecule has 0 aliphatic carbocycles. The number of halogens is 1. The van der Waals surface area contributed by atoms with Gasteiger partial charge in [0, 0.05) is 26.2 Å². The van der Waals surface area contributed by atoms with E-state index in [0.29, 0.717) is 19.0 Å². The van der Waals surface area contributed by atoms with Crippen LogP contribution in [0.2, 0.25) is 0 Å². The molecule has 0 unspecified atom stereocenters. The molecule has 29 heavy (non-hydrogen) atoms. The molecule has 0 bridgehead atoms. The van der Waals surface area contributed by atoms with Crippen molar-refractivity contribution in [1.29, 1.82) is 0 Å².